The number of aliphatic hydroxyl groups excluding tert-OH is 1. The Labute approximate surface area is 190 Å². The van der Waals surface area contributed by atoms with Crippen LogP contribution in [-0.2, 0) is 9.59 Å². The van der Waals surface area contributed by atoms with Crippen LogP contribution in [0.4, 0.5) is 0 Å². The highest BCUT2D eigenvalue weighted by Crippen LogP contribution is 2.40. The molecule has 2 aromatic rings. The Hall–Kier alpha value is -3.12. The number of carbonyl (C=O) groups excluding carboxylic acids is 2. The van der Waals surface area contributed by atoms with Crippen molar-refractivity contribution in [3.8, 4) is 5.75 Å². The maximum Gasteiger partial charge on any atom is 0.295 e. The van der Waals surface area contributed by atoms with Crippen molar-refractivity contribution in [2.45, 2.75) is 32.2 Å². The summed E-state index contributed by atoms with van der Waals surface area (Å²) in [6.45, 7) is 5.46. The summed E-state index contributed by atoms with van der Waals surface area (Å²) in [5, 5.41) is 11.1. The van der Waals surface area contributed by atoms with Crippen molar-refractivity contribution >= 4 is 17.4 Å². The zero-order valence-electron chi connectivity index (χ0n) is 19.5. The number of hydrogen-bond donors (Lipinski definition) is 1. The minimum absolute atomic E-state index is 0.127. The second-order valence-electron chi connectivity index (χ2n) is 8.70. The van der Waals surface area contributed by atoms with Crippen LogP contribution in [-0.4, -0.2) is 60.9 Å². The van der Waals surface area contributed by atoms with Gasteiger partial charge in [-0.3, -0.25) is 9.59 Å². The Morgan fingerprint density at radius 1 is 1.06 bits per heavy atom. The third-order valence-corrected chi connectivity index (χ3v) is 5.83. The normalized spacial score (nSPS) is 18.1. The van der Waals surface area contributed by atoms with E-state index in [1.54, 1.807) is 36.3 Å². The molecule has 1 unspecified atom stereocenters. The number of ketones is 1. The SMILES string of the molecule is COc1ccc(/C(O)=C2/C(=O)C(=O)N(CCCN(C)C)C2c2ccc(C(C)C)cc2)cc1. The van der Waals surface area contributed by atoms with Gasteiger partial charge in [0.15, 0.2) is 0 Å². The molecule has 170 valence electrons. The second kappa shape index (κ2) is 10.0. The van der Waals surface area contributed by atoms with Gasteiger partial charge in [0.2, 0.25) is 0 Å². The smallest absolute Gasteiger partial charge is 0.295 e. The third kappa shape index (κ3) is 4.86. The van der Waals surface area contributed by atoms with Crippen LogP contribution in [0, 0.1) is 0 Å². The lowest BCUT2D eigenvalue weighted by Gasteiger charge is -2.26. The molecule has 1 atom stereocenters. The first-order valence-electron chi connectivity index (χ1n) is 10.9. The molecule has 0 aromatic heterocycles. The highest BCUT2D eigenvalue weighted by atomic mass is 16.5. The molecule has 0 aliphatic carbocycles. The number of likely N-dealkylation sites (tertiary alicyclic amines) is 1. The molecule has 1 amide bonds. The Kier molecular flexibility index (Phi) is 7.36. The van der Waals surface area contributed by atoms with Gasteiger partial charge in [-0.1, -0.05) is 38.1 Å². The van der Waals surface area contributed by atoms with Crippen LogP contribution in [0.2, 0.25) is 0 Å². The van der Waals surface area contributed by atoms with Crippen molar-refractivity contribution in [3.05, 3.63) is 70.8 Å². The topological polar surface area (TPSA) is 70.1 Å². The van der Waals surface area contributed by atoms with Crippen LogP contribution in [0.5, 0.6) is 5.75 Å². The van der Waals surface area contributed by atoms with E-state index in [4.69, 9.17) is 4.74 Å². The number of benzene rings is 2. The molecular formula is C26H32N2O4. The fourth-order valence-corrected chi connectivity index (χ4v) is 3.98. The third-order valence-electron chi connectivity index (χ3n) is 5.83. The summed E-state index contributed by atoms with van der Waals surface area (Å²) in [6, 6.07) is 14.1. The van der Waals surface area contributed by atoms with E-state index in [1.807, 2.05) is 43.3 Å². The molecule has 1 heterocycles. The molecule has 2 aromatic carbocycles. The predicted octanol–water partition coefficient (Wildman–Crippen LogP) is 4.19. The van der Waals surface area contributed by atoms with Crippen molar-refractivity contribution in [3.63, 3.8) is 0 Å². The van der Waals surface area contributed by atoms with Crippen LogP contribution < -0.4 is 4.74 Å². The van der Waals surface area contributed by atoms with E-state index in [1.165, 1.54) is 5.56 Å². The summed E-state index contributed by atoms with van der Waals surface area (Å²) >= 11 is 0. The first-order chi connectivity index (χ1) is 15.2. The molecule has 6 nitrogen and oxygen atoms in total. The lowest BCUT2D eigenvalue weighted by molar-refractivity contribution is -0.139. The lowest BCUT2D eigenvalue weighted by atomic mass is 9.93. The number of aliphatic hydroxyl groups is 1. The monoisotopic (exact) mass is 436 g/mol. The van der Waals surface area contributed by atoms with Gasteiger partial charge >= 0.3 is 0 Å². The first kappa shape index (κ1) is 23.5. The Bertz CT molecular complexity index is 991. The quantitative estimate of drug-likeness (QED) is 0.382. The van der Waals surface area contributed by atoms with Crippen molar-refractivity contribution in [1.29, 1.82) is 0 Å². The highest BCUT2D eigenvalue weighted by molar-refractivity contribution is 6.46. The van der Waals surface area contributed by atoms with Crippen LogP contribution >= 0.6 is 0 Å². The van der Waals surface area contributed by atoms with E-state index in [0.29, 0.717) is 23.8 Å². The molecule has 1 aliphatic heterocycles. The van der Waals surface area contributed by atoms with Crippen LogP contribution in [0.3, 0.4) is 0 Å². The molecule has 32 heavy (non-hydrogen) atoms. The number of carbonyl (C=O) groups is 2. The largest absolute Gasteiger partial charge is 0.507 e. The predicted molar refractivity (Wildman–Crippen MR) is 126 cm³/mol. The zero-order chi connectivity index (χ0) is 23.4. The average Bonchev–Trinajstić information content (AvgIpc) is 3.03. The number of rotatable bonds is 8. The molecule has 3 rings (SSSR count). The van der Waals surface area contributed by atoms with Gasteiger partial charge in [0.05, 0.1) is 18.7 Å². The summed E-state index contributed by atoms with van der Waals surface area (Å²) in [5.41, 5.74) is 2.59. The summed E-state index contributed by atoms with van der Waals surface area (Å²) in [4.78, 5) is 29.7. The first-order valence-corrected chi connectivity index (χ1v) is 10.9. The number of ether oxygens (including phenoxy) is 1. The van der Waals surface area contributed by atoms with Crippen LogP contribution in [0.15, 0.2) is 54.1 Å². The number of amides is 1. The molecule has 0 bridgehead atoms. The van der Waals surface area contributed by atoms with Gasteiger partial charge in [0.25, 0.3) is 11.7 Å². The van der Waals surface area contributed by atoms with Gasteiger partial charge in [0.1, 0.15) is 11.5 Å². The van der Waals surface area contributed by atoms with Gasteiger partial charge in [-0.15, -0.1) is 0 Å². The van der Waals surface area contributed by atoms with Crippen LogP contribution in [0.1, 0.15) is 48.9 Å². The Balaban J connectivity index is 2.07. The zero-order valence-corrected chi connectivity index (χ0v) is 19.5. The van der Waals surface area contributed by atoms with Gasteiger partial charge in [-0.05, 0) is 68.4 Å². The second-order valence-corrected chi connectivity index (χ2v) is 8.70. The lowest BCUT2D eigenvalue weighted by Crippen LogP contribution is -2.32. The molecule has 1 fully saturated rings. The van der Waals surface area contributed by atoms with E-state index in [9.17, 15) is 14.7 Å². The number of hydrogen-bond acceptors (Lipinski definition) is 5. The summed E-state index contributed by atoms with van der Waals surface area (Å²) in [5.74, 6) is -0.377. The van der Waals surface area contributed by atoms with Gasteiger partial charge in [-0.2, -0.15) is 0 Å². The molecule has 0 spiro atoms. The van der Waals surface area contributed by atoms with Gasteiger partial charge < -0.3 is 19.6 Å². The van der Waals surface area contributed by atoms with E-state index < -0.39 is 17.7 Å². The number of Topliss-reactive ketones (excluding diaryl/α,β-unsaturated/α-hetero) is 1. The molecule has 1 saturated heterocycles. The molecule has 1 N–H and O–H groups in total. The average molecular weight is 437 g/mol. The molecule has 1 aliphatic rings. The van der Waals surface area contributed by atoms with Crippen molar-refractivity contribution in [2.24, 2.45) is 0 Å². The van der Waals surface area contributed by atoms with Crippen molar-refractivity contribution in [2.75, 3.05) is 34.3 Å². The van der Waals surface area contributed by atoms with Crippen LogP contribution in [0.25, 0.3) is 5.76 Å². The van der Waals surface area contributed by atoms with Crippen molar-refractivity contribution < 1.29 is 19.4 Å². The highest BCUT2D eigenvalue weighted by Gasteiger charge is 2.45. The number of nitrogens with zero attached hydrogens (tertiary/aromatic N) is 2. The van der Waals surface area contributed by atoms with E-state index >= 15 is 0 Å². The van der Waals surface area contributed by atoms with Gasteiger partial charge in [0, 0.05) is 12.1 Å². The fourth-order valence-electron chi connectivity index (χ4n) is 3.98. The molecular weight excluding hydrogens is 404 g/mol. The maximum absolute atomic E-state index is 13.1. The minimum atomic E-state index is -0.652. The van der Waals surface area contributed by atoms with Gasteiger partial charge in [-0.25, -0.2) is 0 Å². The number of methoxy groups -OCH3 is 1. The van der Waals surface area contributed by atoms with E-state index in [-0.39, 0.29) is 11.3 Å². The van der Waals surface area contributed by atoms with E-state index in [0.717, 1.165) is 18.5 Å². The maximum atomic E-state index is 13.1. The molecule has 0 saturated carbocycles. The standard InChI is InChI=1S/C26H32N2O4/c1-17(2)18-7-9-19(10-8-18)23-22(24(29)20-11-13-21(32-5)14-12-20)25(30)26(31)28(23)16-6-15-27(3)4/h7-14,17,23,29H,6,15-16H2,1-5H3/b24-22-. The Morgan fingerprint density at radius 3 is 2.22 bits per heavy atom. The van der Waals surface area contributed by atoms with E-state index in [2.05, 4.69) is 13.8 Å². The Morgan fingerprint density at radius 2 is 1.69 bits per heavy atom. The molecule has 0 radical (unpaired) electrons. The van der Waals surface area contributed by atoms with Crippen molar-refractivity contribution in [1.82, 2.24) is 9.80 Å². The molecule has 6 heteroatoms. The minimum Gasteiger partial charge on any atom is -0.507 e. The fraction of sp³-hybridized carbons (Fsp3) is 0.385. The summed E-state index contributed by atoms with van der Waals surface area (Å²) in [7, 11) is 5.51. The summed E-state index contributed by atoms with van der Waals surface area (Å²) < 4.78 is 5.18. The summed E-state index contributed by atoms with van der Waals surface area (Å²) in [6.07, 6.45) is 0.725.